The number of aliphatic hydroxyl groups is 1. The van der Waals surface area contributed by atoms with E-state index in [4.69, 9.17) is 10.8 Å². The van der Waals surface area contributed by atoms with Crippen LogP contribution in [0.5, 0.6) is 0 Å². The van der Waals surface area contributed by atoms with Gasteiger partial charge >= 0.3 is 0 Å². The second-order valence-corrected chi connectivity index (χ2v) is 3.05. The van der Waals surface area contributed by atoms with Crippen LogP contribution < -0.4 is 5.73 Å². The molecule has 0 unspecified atom stereocenters. The summed E-state index contributed by atoms with van der Waals surface area (Å²) < 4.78 is 0. The van der Waals surface area contributed by atoms with Crippen molar-refractivity contribution in [2.75, 3.05) is 5.73 Å². The Morgan fingerprint density at radius 3 is 3.08 bits per heavy atom. The molecule has 0 aliphatic heterocycles. The van der Waals surface area contributed by atoms with Crippen LogP contribution in [0.2, 0.25) is 0 Å². The molecule has 2 aromatic heterocycles. The van der Waals surface area contributed by atoms with Crippen LogP contribution >= 0.6 is 0 Å². The number of nitrogens with zero attached hydrogens (tertiary/aromatic N) is 1. The third-order valence-corrected chi connectivity index (χ3v) is 2.21. The fourth-order valence-electron chi connectivity index (χ4n) is 1.49. The molecule has 0 aromatic carbocycles. The number of hydrogen-bond donors (Lipinski definition) is 3. The summed E-state index contributed by atoms with van der Waals surface area (Å²) in [5.41, 5.74) is 8.91. The summed E-state index contributed by atoms with van der Waals surface area (Å²) in [6.07, 6.45) is 3.42. The van der Waals surface area contributed by atoms with E-state index in [2.05, 4.69) is 9.97 Å². The minimum absolute atomic E-state index is 0.00704. The van der Waals surface area contributed by atoms with Crippen LogP contribution in [0, 0.1) is 6.92 Å². The zero-order valence-electron chi connectivity index (χ0n) is 7.33. The SMILES string of the molecule is Cc1cnc2[nH]cc(N)c2c1CO. The first-order valence-electron chi connectivity index (χ1n) is 4.06. The van der Waals surface area contributed by atoms with Gasteiger partial charge in [-0.05, 0) is 18.1 Å². The molecule has 68 valence electrons. The second kappa shape index (κ2) is 2.74. The Kier molecular flexibility index (Phi) is 1.70. The van der Waals surface area contributed by atoms with E-state index in [0.29, 0.717) is 5.69 Å². The van der Waals surface area contributed by atoms with Gasteiger partial charge in [-0.1, -0.05) is 0 Å². The maximum Gasteiger partial charge on any atom is 0.139 e. The first kappa shape index (κ1) is 8.07. The van der Waals surface area contributed by atoms with Gasteiger partial charge in [0.25, 0.3) is 0 Å². The molecule has 2 heterocycles. The summed E-state index contributed by atoms with van der Waals surface area (Å²) in [6, 6.07) is 0. The molecule has 2 aromatic rings. The minimum Gasteiger partial charge on any atom is -0.397 e. The van der Waals surface area contributed by atoms with Crippen molar-refractivity contribution in [3.8, 4) is 0 Å². The van der Waals surface area contributed by atoms with Gasteiger partial charge in [0.2, 0.25) is 0 Å². The average Bonchev–Trinajstić information content (AvgIpc) is 2.49. The predicted molar refractivity (Wildman–Crippen MR) is 51.2 cm³/mol. The Hall–Kier alpha value is -1.55. The summed E-state index contributed by atoms with van der Waals surface area (Å²) in [5, 5.41) is 10.00. The quantitative estimate of drug-likeness (QED) is 0.607. The normalized spacial score (nSPS) is 10.9. The highest BCUT2D eigenvalue weighted by Gasteiger charge is 2.08. The van der Waals surface area contributed by atoms with Crippen LogP contribution in [0.15, 0.2) is 12.4 Å². The predicted octanol–water partition coefficient (Wildman–Crippen LogP) is 0.946. The molecule has 0 aliphatic rings. The number of pyridine rings is 1. The number of aromatic amines is 1. The highest BCUT2D eigenvalue weighted by Crippen LogP contribution is 2.24. The van der Waals surface area contributed by atoms with E-state index in [1.54, 1.807) is 12.4 Å². The number of nitrogens with two attached hydrogens (primary N) is 1. The largest absolute Gasteiger partial charge is 0.397 e. The molecule has 0 radical (unpaired) electrons. The molecule has 0 aliphatic carbocycles. The molecule has 0 atom stereocenters. The van der Waals surface area contributed by atoms with Crippen molar-refractivity contribution < 1.29 is 5.11 Å². The lowest BCUT2D eigenvalue weighted by molar-refractivity contribution is 0.282. The number of anilines is 1. The third kappa shape index (κ3) is 1.07. The number of fused-ring (bicyclic) bond motifs is 1. The van der Waals surface area contributed by atoms with Crippen molar-refractivity contribution in [3.63, 3.8) is 0 Å². The van der Waals surface area contributed by atoms with E-state index in [0.717, 1.165) is 22.2 Å². The van der Waals surface area contributed by atoms with E-state index in [1.807, 2.05) is 6.92 Å². The van der Waals surface area contributed by atoms with Gasteiger partial charge in [-0.3, -0.25) is 0 Å². The number of aliphatic hydroxyl groups excluding tert-OH is 1. The number of H-pyrrole nitrogens is 1. The first-order chi connectivity index (χ1) is 6.24. The molecular weight excluding hydrogens is 166 g/mol. The highest BCUT2D eigenvalue weighted by molar-refractivity contribution is 5.92. The van der Waals surface area contributed by atoms with Crippen molar-refractivity contribution in [2.24, 2.45) is 0 Å². The summed E-state index contributed by atoms with van der Waals surface area (Å²) >= 11 is 0. The van der Waals surface area contributed by atoms with E-state index in [9.17, 15) is 0 Å². The van der Waals surface area contributed by atoms with Crippen LogP contribution in [0.3, 0.4) is 0 Å². The molecule has 4 nitrogen and oxygen atoms in total. The molecule has 4 N–H and O–H groups in total. The van der Waals surface area contributed by atoms with Crippen LogP contribution in [-0.2, 0) is 6.61 Å². The molecule has 4 heteroatoms. The van der Waals surface area contributed by atoms with E-state index in [1.165, 1.54) is 0 Å². The van der Waals surface area contributed by atoms with Crippen molar-refractivity contribution >= 4 is 16.7 Å². The topological polar surface area (TPSA) is 74.9 Å². The maximum absolute atomic E-state index is 9.16. The standard InChI is InChI=1S/C9H11N3O/c1-5-2-11-9-8(6(5)4-13)7(10)3-12-9/h2-3,13H,4,10H2,1H3,(H,11,12). The summed E-state index contributed by atoms with van der Waals surface area (Å²) in [6.45, 7) is 1.90. The fraction of sp³-hybridized carbons (Fsp3) is 0.222. The Morgan fingerprint density at radius 2 is 2.38 bits per heavy atom. The molecule has 2 rings (SSSR count). The number of hydrogen-bond acceptors (Lipinski definition) is 3. The molecule has 0 saturated carbocycles. The van der Waals surface area contributed by atoms with Gasteiger partial charge in [0.1, 0.15) is 5.65 Å². The highest BCUT2D eigenvalue weighted by atomic mass is 16.3. The molecular formula is C9H11N3O. The van der Waals surface area contributed by atoms with E-state index in [-0.39, 0.29) is 6.61 Å². The van der Waals surface area contributed by atoms with Crippen LogP contribution in [0.25, 0.3) is 11.0 Å². The summed E-state index contributed by atoms with van der Waals surface area (Å²) in [5.74, 6) is 0. The molecule has 0 saturated heterocycles. The Bertz CT molecular complexity index is 447. The maximum atomic E-state index is 9.16. The van der Waals surface area contributed by atoms with Crippen molar-refractivity contribution in [1.82, 2.24) is 9.97 Å². The van der Waals surface area contributed by atoms with Crippen LogP contribution in [-0.4, -0.2) is 15.1 Å². The van der Waals surface area contributed by atoms with Gasteiger partial charge in [0.05, 0.1) is 12.3 Å². The van der Waals surface area contributed by atoms with E-state index < -0.39 is 0 Å². The van der Waals surface area contributed by atoms with Crippen molar-refractivity contribution in [1.29, 1.82) is 0 Å². The average molecular weight is 177 g/mol. The van der Waals surface area contributed by atoms with E-state index >= 15 is 0 Å². The molecule has 0 bridgehead atoms. The first-order valence-corrected chi connectivity index (χ1v) is 4.06. The summed E-state index contributed by atoms with van der Waals surface area (Å²) in [7, 11) is 0. The number of nitrogen functional groups attached to an aromatic ring is 1. The number of aryl methyl sites for hydroxylation is 1. The molecule has 0 fully saturated rings. The lowest BCUT2D eigenvalue weighted by Gasteiger charge is -2.03. The number of aromatic nitrogens is 2. The molecule has 0 amide bonds. The zero-order chi connectivity index (χ0) is 9.42. The van der Waals surface area contributed by atoms with Gasteiger partial charge in [-0.2, -0.15) is 0 Å². The summed E-state index contributed by atoms with van der Waals surface area (Å²) in [4.78, 5) is 7.11. The van der Waals surface area contributed by atoms with Crippen LogP contribution in [0.4, 0.5) is 5.69 Å². The second-order valence-electron chi connectivity index (χ2n) is 3.05. The van der Waals surface area contributed by atoms with Crippen LogP contribution in [0.1, 0.15) is 11.1 Å². The van der Waals surface area contributed by atoms with Crippen molar-refractivity contribution in [2.45, 2.75) is 13.5 Å². The Labute approximate surface area is 75.4 Å². The number of rotatable bonds is 1. The minimum atomic E-state index is -0.00704. The smallest absolute Gasteiger partial charge is 0.139 e. The molecule has 0 spiro atoms. The van der Waals surface area contributed by atoms with Gasteiger partial charge < -0.3 is 15.8 Å². The zero-order valence-corrected chi connectivity index (χ0v) is 7.33. The fourth-order valence-corrected chi connectivity index (χ4v) is 1.49. The molecule has 13 heavy (non-hydrogen) atoms. The van der Waals surface area contributed by atoms with Crippen molar-refractivity contribution in [3.05, 3.63) is 23.5 Å². The lowest BCUT2D eigenvalue weighted by Crippen LogP contribution is -1.93. The van der Waals surface area contributed by atoms with Gasteiger partial charge in [0.15, 0.2) is 0 Å². The Balaban J connectivity index is 2.88. The van der Waals surface area contributed by atoms with Gasteiger partial charge in [-0.15, -0.1) is 0 Å². The third-order valence-electron chi connectivity index (χ3n) is 2.21. The number of nitrogens with one attached hydrogen (secondary N) is 1. The lowest BCUT2D eigenvalue weighted by atomic mass is 10.1. The Morgan fingerprint density at radius 1 is 1.62 bits per heavy atom. The monoisotopic (exact) mass is 177 g/mol. The van der Waals surface area contributed by atoms with Gasteiger partial charge in [0, 0.05) is 17.8 Å². The van der Waals surface area contributed by atoms with Gasteiger partial charge in [-0.25, -0.2) is 4.98 Å².